The number of hydrogen-bond donors (Lipinski definition) is 1. The molecule has 0 aromatic carbocycles. The molecule has 3 aliphatic rings. The monoisotopic (exact) mass is 354 g/mol. The van der Waals surface area contributed by atoms with E-state index >= 15 is 0 Å². The van der Waals surface area contributed by atoms with Crippen LogP contribution in [-0.2, 0) is 28.8 Å². The van der Waals surface area contributed by atoms with Gasteiger partial charge in [0.15, 0.2) is 0 Å². The minimum absolute atomic E-state index is 0.0777. The van der Waals surface area contributed by atoms with Gasteiger partial charge in [-0.2, -0.15) is 11.8 Å². The number of fused-ring (bicyclic) bond motifs is 1. The Morgan fingerprint density at radius 1 is 1.12 bits per heavy atom. The van der Waals surface area contributed by atoms with Crippen molar-refractivity contribution in [3.05, 3.63) is 0 Å². The largest absolute Gasteiger partial charge is 0.333 e. The SMILES string of the molecule is O=C(CCCCC1SCC2C(=O)NC(=O)C12)ON1C(=O)CCC1=O. The summed E-state index contributed by atoms with van der Waals surface area (Å²) in [5.41, 5.74) is 0. The molecule has 0 spiro atoms. The molecule has 0 aliphatic carbocycles. The van der Waals surface area contributed by atoms with Gasteiger partial charge in [-0.05, 0) is 12.8 Å². The number of rotatable bonds is 6. The maximum Gasteiger partial charge on any atom is 0.333 e. The normalized spacial score (nSPS) is 29.2. The second kappa shape index (κ2) is 6.92. The number of hydrogen-bond acceptors (Lipinski definition) is 7. The van der Waals surface area contributed by atoms with Crippen molar-refractivity contribution in [2.75, 3.05) is 5.75 Å². The highest BCUT2D eigenvalue weighted by atomic mass is 32.2. The Morgan fingerprint density at radius 3 is 2.54 bits per heavy atom. The van der Waals surface area contributed by atoms with E-state index in [2.05, 4.69) is 5.32 Å². The van der Waals surface area contributed by atoms with Crippen molar-refractivity contribution >= 4 is 41.4 Å². The molecule has 3 saturated heterocycles. The van der Waals surface area contributed by atoms with Crippen LogP contribution in [0, 0.1) is 11.8 Å². The number of nitrogens with zero attached hydrogens (tertiary/aromatic N) is 1. The number of carbonyl (C=O) groups is 5. The van der Waals surface area contributed by atoms with E-state index in [9.17, 15) is 24.0 Å². The first-order valence-electron chi connectivity index (χ1n) is 8.00. The van der Waals surface area contributed by atoms with Gasteiger partial charge in [-0.25, -0.2) is 4.79 Å². The number of hydroxylamine groups is 2. The topological polar surface area (TPSA) is 110 Å². The highest BCUT2D eigenvalue weighted by Crippen LogP contribution is 2.42. The molecule has 8 nitrogen and oxygen atoms in total. The summed E-state index contributed by atoms with van der Waals surface area (Å²) in [6, 6.07) is 0. The van der Waals surface area contributed by atoms with E-state index in [0.29, 0.717) is 23.7 Å². The predicted octanol–water partition coefficient (Wildman–Crippen LogP) is 0.158. The quantitative estimate of drug-likeness (QED) is 0.534. The zero-order valence-electron chi connectivity index (χ0n) is 13.0. The van der Waals surface area contributed by atoms with Crippen LogP contribution in [0.4, 0.5) is 0 Å². The van der Waals surface area contributed by atoms with Gasteiger partial charge >= 0.3 is 5.97 Å². The highest BCUT2D eigenvalue weighted by molar-refractivity contribution is 8.00. The molecular weight excluding hydrogens is 336 g/mol. The Balaban J connectivity index is 1.37. The molecule has 0 aromatic heterocycles. The lowest BCUT2D eigenvalue weighted by Gasteiger charge is -2.15. The highest BCUT2D eigenvalue weighted by Gasteiger charge is 2.50. The molecule has 3 fully saturated rings. The molecule has 24 heavy (non-hydrogen) atoms. The van der Waals surface area contributed by atoms with Crippen LogP contribution >= 0.6 is 11.8 Å². The molecule has 1 N–H and O–H groups in total. The molecule has 9 heteroatoms. The summed E-state index contributed by atoms with van der Waals surface area (Å²) >= 11 is 1.63. The van der Waals surface area contributed by atoms with E-state index < -0.39 is 17.8 Å². The first-order valence-corrected chi connectivity index (χ1v) is 9.05. The Hall–Kier alpha value is -1.90. The summed E-state index contributed by atoms with van der Waals surface area (Å²) in [5.74, 6) is -1.76. The van der Waals surface area contributed by atoms with Crippen LogP contribution in [0.5, 0.6) is 0 Å². The van der Waals surface area contributed by atoms with Gasteiger partial charge < -0.3 is 4.84 Å². The number of carbonyl (C=O) groups excluding carboxylic acids is 5. The summed E-state index contributed by atoms with van der Waals surface area (Å²) < 4.78 is 0. The third-order valence-corrected chi connectivity index (χ3v) is 6.04. The lowest BCUT2D eigenvalue weighted by molar-refractivity contribution is -0.197. The van der Waals surface area contributed by atoms with Gasteiger partial charge in [-0.3, -0.25) is 24.5 Å². The number of nitrogens with one attached hydrogen (secondary N) is 1. The first kappa shape index (κ1) is 16.9. The Labute approximate surface area is 142 Å². The van der Waals surface area contributed by atoms with Crippen LogP contribution in [0.15, 0.2) is 0 Å². The Morgan fingerprint density at radius 2 is 1.83 bits per heavy atom. The van der Waals surface area contributed by atoms with Crippen LogP contribution in [0.2, 0.25) is 0 Å². The zero-order valence-corrected chi connectivity index (χ0v) is 13.8. The summed E-state index contributed by atoms with van der Waals surface area (Å²) in [5, 5.41) is 3.02. The number of thioether (sulfide) groups is 1. The van der Waals surface area contributed by atoms with Gasteiger partial charge in [0, 0.05) is 30.3 Å². The standard InChI is InChI=1S/C15H18N2O6S/c18-10-5-6-11(19)17(10)23-12(20)4-2-1-3-9-13-8(7-24-9)14(21)16-15(13)22/h8-9,13H,1-7H2,(H,16,21,22). The van der Waals surface area contributed by atoms with Gasteiger partial charge in [-0.1, -0.05) is 6.42 Å². The Bertz CT molecular complexity index is 591. The maximum atomic E-state index is 11.8. The van der Waals surface area contributed by atoms with E-state index in [-0.39, 0.29) is 48.2 Å². The minimum Gasteiger partial charge on any atom is -0.330 e. The van der Waals surface area contributed by atoms with Gasteiger partial charge in [0.2, 0.25) is 11.8 Å². The molecule has 3 heterocycles. The molecule has 130 valence electrons. The second-order valence-corrected chi connectivity index (χ2v) is 7.42. The molecular formula is C15H18N2O6S. The van der Waals surface area contributed by atoms with Crippen LogP contribution in [-0.4, -0.2) is 45.7 Å². The second-order valence-electron chi connectivity index (χ2n) is 6.15. The molecule has 3 rings (SSSR count). The van der Waals surface area contributed by atoms with Gasteiger partial charge in [0.1, 0.15) is 0 Å². The smallest absolute Gasteiger partial charge is 0.330 e. The fourth-order valence-electron chi connectivity index (χ4n) is 3.26. The van der Waals surface area contributed by atoms with Crippen molar-refractivity contribution in [2.24, 2.45) is 11.8 Å². The third-order valence-electron chi connectivity index (χ3n) is 4.53. The van der Waals surface area contributed by atoms with Gasteiger partial charge in [0.25, 0.3) is 11.8 Å². The summed E-state index contributed by atoms with van der Waals surface area (Å²) in [7, 11) is 0. The lowest BCUT2D eigenvalue weighted by Crippen LogP contribution is -2.32. The average Bonchev–Trinajstić information content (AvgIpc) is 3.17. The molecule has 3 unspecified atom stereocenters. The molecule has 0 bridgehead atoms. The van der Waals surface area contributed by atoms with E-state index in [1.165, 1.54) is 0 Å². The number of amides is 4. The van der Waals surface area contributed by atoms with Crippen molar-refractivity contribution in [3.63, 3.8) is 0 Å². The van der Waals surface area contributed by atoms with E-state index in [1.807, 2.05) is 0 Å². The predicted molar refractivity (Wildman–Crippen MR) is 82.0 cm³/mol. The van der Waals surface area contributed by atoms with Gasteiger partial charge in [-0.15, -0.1) is 5.06 Å². The van der Waals surface area contributed by atoms with Crippen molar-refractivity contribution in [1.82, 2.24) is 10.4 Å². The number of unbranched alkanes of at least 4 members (excludes halogenated alkanes) is 1. The molecule has 4 amide bonds. The van der Waals surface area contributed by atoms with Crippen molar-refractivity contribution in [3.8, 4) is 0 Å². The first-order chi connectivity index (χ1) is 11.5. The van der Waals surface area contributed by atoms with Crippen LogP contribution in [0.1, 0.15) is 38.5 Å². The molecule has 3 aliphatic heterocycles. The van der Waals surface area contributed by atoms with Crippen LogP contribution < -0.4 is 5.32 Å². The van der Waals surface area contributed by atoms with Crippen LogP contribution in [0.25, 0.3) is 0 Å². The fourth-order valence-corrected chi connectivity index (χ4v) is 4.93. The van der Waals surface area contributed by atoms with Crippen molar-refractivity contribution in [1.29, 1.82) is 0 Å². The third kappa shape index (κ3) is 3.31. The molecule has 0 aromatic rings. The summed E-state index contributed by atoms with van der Waals surface area (Å²) in [6.07, 6.45) is 2.25. The van der Waals surface area contributed by atoms with Crippen molar-refractivity contribution in [2.45, 2.75) is 43.8 Å². The Kier molecular flexibility index (Phi) is 4.88. The fraction of sp³-hybridized carbons (Fsp3) is 0.667. The van der Waals surface area contributed by atoms with E-state index in [0.717, 1.165) is 6.42 Å². The summed E-state index contributed by atoms with van der Waals surface area (Å²) in [6.45, 7) is 0. The van der Waals surface area contributed by atoms with Crippen LogP contribution in [0.3, 0.4) is 0 Å². The zero-order chi connectivity index (χ0) is 17.3. The van der Waals surface area contributed by atoms with Gasteiger partial charge in [0.05, 0.1) is 11.8 Å². The molecule has 0 radical (unpaired) electrons. The molecule has 3 atom stereocenters. The van der Waals surface area contributed by atoms with E-state index in [4.69, 9.17) is 4.84 Å². The van der Waals surface area contributed by atoms with Crippen molar-refractivity contribution < 1.29 is 28.8 Å². The van der Waals surface area contributed by atoms with E-state index in [1.54, 1.807) is 11.8 Å². The number of imide groups is 2. The maximum absolute atomic E-state index is 11.8. The molecule has 0 saturated carbocycles. The minimum atomic E-state index is -0.607. The average molecular weight is 354 g/mol. The lowest BCUT2D eigenvalue weighted by atomic mass is 9.91. The summed E-state index contributed by atoms with van der Waals surface area (Å²) in [4.78, 5) is 62.5.